The van der Waals surface area contributed by atoms with Gasteiger partial charge in [-0.1, -0.05) is 0 Å². The quantitative estimate of drug-likeness (QED) is 0.703. The molecule has 1 aromatic carbocycles. The number of carbonyl (C=O) groups is 1. The molecule has 0 unspecified atom stereocenters. The molecule has 0 spiro atoms. The highest BCUT2D eigenvalue weighted by molar-refractivity contribution is 6.05. The van der Waals surface area contributed by atoms with E-state index in [-0.39, 0.29) is 11.5 Å². The predicted molar refractivity (Wildman–Crippen MR) is 83.7 cm³/mol. The van der Waals surface area contributed by atoms with E-state index in [0.29, 0.717) is 17.4 Å². The topological polar surface area (TPSA) is 79.8 Å². The number of aromatic amines is 1. The summed E-state index contributed by atoms with van der Waals surface area (Å²) < 4.78 is 15.2. The summed E-state index contributed by atoms with van der Waals surface area (Å²) in [6, 6.07) is 5.18. The minimum atomic E-state index is -0.467. The molecule has 0 fully saturated rings. The van der Waals surface area contributed by atoms with Gasteiger partial charge in [0.05, 0.1) is 17.4 Å². The fourth-order valence-electron chi connectivity index (χ4n) is 2.40. The van der Waals surface area contributed by atoms with Gasteiger partial charge in [0, 0.05) is 36.9 Å². The van der Waals surface area contributed by atoms with Crippen molar-refractivity contribution in [3.8, 4) is 0 Å². The maximum atomic E-state index is 13.3. The summed E-state index contributed by atoms with van der Waals surface area (Å²) in [4.78, 5) is 30.4. The number of imidazole rings is 1. The normalized spacial score (nSPS) is 10.8. The van der Waals surface area contributed by atoms with Gasteiger partial charge in [0.25, 0.3) is 5.91 Å². The third-order valence-electron chi connectivity index (χ3n) is 3.49. The van der Waals surface area contributed by atoms with Gasteiger partial charge in [-0.25, -0.2) is 9.37 Å². The van der Waals surface area contributed by atoms with E-state index in [1.54, 1.807) is 12.5 Å². The first kappa shape index (κ1) is 15.0. The average molecular weight is 314 g/mol. The van der Waals surface area contributed by atoms with E-state index in [2.05, 4.69) is 15.3 Å². The minimum Gasteiger partial charge on any atom is -0.352 e. The number of nitrogens with zero attached hydrogens (tertiary/aromatic N) is 2. The van der Waals surface area contributed by atoms with Crippen molar-refractivity contribution in [1.29, 1.82) is 0 Å². The predicted octanol–water partition coefficient (Wildman–Crippen LogP) is 1.68. The molecule has 0 saturated carbocycles. The number of pyridine rings is 1. The molecule has 3 aromatic rings. The number of amides is 1. The number of fused-ring (bicyclic) bond motifs is 1. The molecule has 0 saturated heterocycles. The van der Waals surface area contributed by atoms with Gasteiger partial charge in [-0.2, -0.15) is 0 Å². The van der Waals surface area contributed by atoms with Gasteiger partial charge in [-0.15, -0.1) is 0 Å². The number of H-pyrrole nitrogens is 1. The van der Waals surface area contributed by atoms with Gasteiger partial charge < -0.3 is 14.9 Å². The summed E-state index contributed by atoms with van der Waals surface area (Å²) in [5.41, 5.74) is 0.110. The second-order valence-electron chi connectivity index (χ2n) is 5.15. The highest BCUT2D eigenvalue weighted by Crippen LogP contribution is 2.16. The Kier molecular flexibility index (Phi) is 4.18. The SMILES string of the molecule is O=C(NCCCn1ccnc1)c1cc(=O)[nH]c2cc(F)ccc12. The lowest BCUT2D eigenvalue weighted by Gasteiger charge is -2.08. The van der Waals surface area contributed by atoms with Crippen molar-refractivity contribution in [2.75, 3.05) is 6.54 Å². The molecule has 7 heteroatoms. The van der Waals surface area contributed by atoms with Crippen LogP contribution >= 0.6 is 0 Å². The first-order valence-corrected chi connectivity index (χ1v) is 7.20. The van der Waals surface area contributed by atoms with Crippen LogP contribution < -0.4 is 10.9 Å². The zero-order valence-electron chi connectivity index (χ0n) is 12.3. The van der Waals surface area contributed by atoms with E-state index in [0.717, 1.165) is 13.0 Å². The monoisotopic (exact) mass is 314 g/mol. The Hall–Kier alpha value is -2.96. The Morgan fingerprint density at radius 1 is 1.35 bits per heavy atom. The lowest BCUT2D eigenvalue weighted by Crippen LogP contribution is -2.26. The molecule has 0 bridgehead atoms. The van der Waals surface area contributed by atoms with E-state index in [1.165, 1.54) is 24.3 Å². The molecule has 0 radical (unpaired) electrons. The average Bonchev–Trinajstić information content (AvgIpc) is 3.03. The Morgan fingerprint density at radius 3 is 3.00 bits per heavy atom. The van der Waals surface area contributed by atoms with Crippen LogP contribution in [0.25, 0.3) is 10.9 Å². The van der Waals surface area contributed by atoms with Crippen LogP contribution in [0.2, 0.25) is 0 Å². The van der Waals surface area contributed by atoms with E-state index in [9.17, 15) is 14.0 Å². The second-order valence-corrected chi connectivity index (χ2v) is 5.15. The lowest BCUT2D eigenvalue weighted by molar-refractivity contribution is 0.0954. The van der Waals surface area contributed by atoms with Crippen LogP contribution in [0.3, 0.4) is 0 Å². The number of benzene rings is 1. The molecule has 0 aliphatic rings. The Balaban J connectivity index is 1.71. The summed E-state index contributed by atoms with van der Waals surface area (Å²) in [5.74, 6) is -0.815. The van der Waals surface area contributed by atoms with Crippen molar-refractivity contribution in [3.05, 3.63) is 64.7 Å². The molecule has 118 valence electrons. The molecule has 0 atom stereocenters. The lowest BCUT2D eigenvalue weighted by atomic mass is 10.1. The summed E-state index contributed by atoms with van der Waals surface area (Å²) >= 11 is 0. The van der Waals surface area contributed by atoms with Gasteiger partial charge in [-0.3, -0.25) is 9.59 Å². The summed E-state index contributed by atoms with van der Waals surface area (Å²) in [6.45, 7) is 1.20. The maximum absolute atomic E-state index is 13.3. The standard InChI is InChI=1S/C16H15FN4O2/c17-11-2-3-12-13(9-15(22)20-14(12)8-11)16(23)19-4-1-6-21-7-5-18-10-21/h2-3,5,7-10H,1,4,6H2,(H,19,23)(H,20,22). The second kappa shape index (κ2) is 6.43. The first-order chi connectivity index (χ1) is 11.1. The van der Waals surface area contributed by atoms with E-state index in [1.807, 2.05) is 10.8 Å². The molecule has 0 aliphatic heterocycles. The summed E-state index contributed by atoms with van der Waals surface area (Å²) in [7, 11) is 0. The van der Waals surface area contributed by atoms with Crippen molar-refractivity contribution in [2.24, 2.45) is 0 Å². The largest absolute Gasteiger partial charge is 0.352 e. The highest BCUT2D eigenvalue weighted by Gasteiger charge is 2.11. The van der Waals surface area contributed by atoms with E-state index < -0.39 is 11.4 Å². The molecular weight excluding hydrogens is 299 g/mol. The molecule has 2 heterocycles. The number of nitrogens with one attached hydrogen (secondary N) is 2. The molecule has 2 aromatic heterocycles. The van der Waals surface area contributed by atoms with Crippen LogP contribution in [0.1, 0.15) is 16.8 Å². The Morgan fingerprint density at radius 2 is 2.22 bits per heavy atom. The number of hydrogen-bond acceptors (Lipinski definition) is 3. The van der Waals surface area contributed by atoms with Crippen LogP contribution in [0.5, 0.6) is 0 Å². The number of aryl methyl sites for hydroxylation is 1. The molecule has 1 amide bonds. The Bertz CT molecular complexity index is 887. The number of hydrogen-bond donors (Lipinski definition) is 2. The van der Waals surface area contributed by atoms with Crippen LogP contribution in [-0.4, -0.2) is 27.0 Å². The molecule has 2 N–H and O–H groups in total. The van der Waals surface area contributed by atoms with Gasteiger partial charge in [0.2, 0.25) is 5.56 Å². The minimum absolute atomic E-state index is 0.242. The fraction of sp³-hybridized carbons (Fsp3) is 0.188. The van der Waals surface area contributed by atoms with Crippen molar-refractivity contribution in [3.63, 3.8) is 0 Å². The Labute approximate surface area is 131 Å². The number of carbonyl (C=O) groups excluding carboxylic acids is 1. The molecule has 6 nitrogen and oxygen atoms in total. The summed E-state index contributed by atoms with van der Waals surface area (Å²) in [6.07, 6.45) is 5.99. The number of aromatic nitrogens is 3. The zero-order chi connectivity index (χ0) is 16.2. The van der Waals surface area contributed by atoms with Crippen molar-refractivity contribution in [2.45, 2.75) is 13.0 Å². The molecular formula is C16H15FN4O2. The fourth-order valence-corrected chi connectivity index (χ4v) is 2.40. The van der Waals surface area contributed by atoms with Crippen LogP contribution in [-0.2, 0) is 6.54 Å². The molecule has 0 aliphatic carbocycles. The zero-order valence-corrected chi connectivity index (χ0v) is 12.3. The van der Waals surface area contributed by atoms with Gasteiger partial charge in [-0.05, 0) is 24.6 Å². The van der Waals surface area contributed by atoms with Crippen molar-refractivity contribution >= 4 is 16.8 Å². The molecule has 3 rings (SSSR count). The van der Waals surface area contributed by atoms with Crippen LogP contribution in [0, 0.1) is 5.82 Å². The maximum Gasteiger partial charge on any atom is 0.252 e. The highest BCUT2D eigenvalue weighted by atomic mass is 19.1. The first-order valence-electron chi connectivity index (χ1n) is 7.20. The molecule has 23 heavy (non-hydrogen) atoms. The van der Waals surface area contributed by atoms with Crippen molar-refractivity contribution in [1.82, 2.24) is 19.9 Å². The van der Waals surface area contributed by atoms with Gasteiger partial charge in [0.1, 0.15) is 5.82 Å². The summed E-state index contributed by atoms with van der Waals surface area (Å²) in [5, 5.41) is 3.29. The van der Waals surface area contributed by atoms with Crippen molar-refractivity contribution < 1.29 is 9.18 Å². The van der Waals surface area contributed by atoms with E-state index >= 15 is 0 Å². The van der Waals surface area contributed by atoms with E-state index in [4.69, 9.17) is 0 Å². The smallest absolute Gasteiger partial charge is 0.252 e. The third kappa shape index (κ3) is 3.45. The number of halogens is 1. The van der Waals surface area contributed by atoms with Crippen LogP contribution in [0.4, 0.5) is 4.39 Å². The van der Waals surface area contributed by atoms with Gasteiger partial charge in [0.15, 0.2) is 0 Å². The van der Waals surface area contributed by atoms with Crippen LogP contribution in [0.15, 0.2) is 47.8 Å². The number of rotatable bonds is 5. The third-order valence-corrected chi connectivity index (χ3v) is 3.49. The van der Waals surface area contributed by atoms with Gasteiger partial charge >= 0.3 is 0 Å².